The van der Waals surface area contributed by atoms with E-state index in [2.05, 4.69) is 15.5 Å². The van der Waals surface area contributed by atoms with Gasteiger partial charge in [0.25, 0.3) is 5.91 Å². The summed E-state index contributed by atoms with van der Waals surface area (Å²) in [5.41, 5.74) is 5.69. The molecule has 28 heavy (non-hydrogen) atoms. The molecule has 7 N–H and O–H groups in total. The molecule has 3 rings (SSSR count). The highest BCUT2D eigenvalue weighted by Gasteiger charge is 2.39. The lowest BCUT2D eigenvalue weighted by Crippen LogP contribution is -2.54. The number of anilines is 1. The summed E-state index contributed by atoms with van der Waals surface area (Å²) in [5, 5.41) is 45.0. The van der Waals surface area contributed by atoms with E-state index in [-0.39, 0.29) is 35.2 Å². The van der Waals surface area contributed by atoms with Crippen molar-refractivity contribution in [2.45, 2.75) is 19.0 Å². The number of benzene rings is 1. The van der Waals surface area contributed by atoms with Crippen molar-refractivity contribution in [3.8, 4) is 5.75 Å². The van der Waals surface area contributed by atoms with Gasteiger partial charge in [0.05, 0.1) is 12.5 Å². The molecule has 0 saturated heterocycles. The van der Waals surface area contributed by atoms with Crippen LogP contribution in [-0.2, 0) is 17.8 Å². The minimum absolute atomic E-state index is 0.0221. The van der Waals surface area contributed by atoms with E-state index in [1.54, 1.807) is 0 Å². The van der Waals surface area contributed by atoms with Crippen LogP contribution >= 0.6 is 11.3 Å². The van der Waals surface area contributed by atoms with E-state index in [1.165, 1.54) is 17.5 Å². The van der Waals surface area contributed by atoms with Gasteiger partial charge in [-0.3, -0.25) is 4.79 Å². The van der Waals surface area contributed by atoms with Crippen LogP contribution in [0.4, 0.5) is 5.13 Å². The lowest BCUT2D eigenvalue weighted by Gasteiger charge is -2.29. The minimum atomic E-state index is -1.55. The first-order valence-electron chi connectivity index (χ1n) is 7.93. The second-order valence-electron chi connectivity index (χ2n) is 5.91. The van der Waals surface area contributed by atoms with E-state index < -0.39 is 30.6 Å². The number of aliphatic hydroxyl groups excluding tert-OH is 1. The Kier molecular flexibility index (Phi) is 5.49. The second-order valence-corrected chi connectivity index (χ2v) is 6.80. The third kappa shape index (κ3) is 3.76. The number of aliphatic hydroxyl groups is 1. The van der Waals surface area contributed by atoms with Crippen LogP contribution in [0, 0.1) is 0 Å². The van der Waals surface area contributed by atoms with Gasteiger partial charge in [-0.2, -0.15) is 0 Å². The van der Waals surface area contributed by atoms with Crippen LogP contribution in [0.2, 0.25) is 0 Å². The normalized spacial score (nSPS) is 16.3. The quantitative estimate of drug-likeness (QED) is 0.160. The number of nitrogens with one attached hydrogen (secondary N) is 1. The molecule has 0 unspecified atom stereocenters. The van der Waals surface area contributed by atoms with E-state index in [0.29, 0.717) is 11.1 Å². The van der Waals surface area contributed by atoms with Gasteiger partial charge >= 0.3 is 13.1 Å². The summed E-state index contributed by atoms with van der Waals surface area (Å²) in [6.45, 7) is -0.389. The topological polar surface area (TPSA) is 188 Å². The van der Waals surface area contributed by atoms with Crippen molar-refractivity contribution in [2.24, 2.45) is 5.16 Å². The van der Waals surface area contributed by atoms with Gasteiger partial charge in [-0.1, -0.05) is 5.16 Å². The summed E-state index contributed by atoms with van der Waals surface area (Å²) in [7, 11) is -1.55. The van der Waals surface area contributed by atoms with Crippen LogP contribution in [-0.4, -0.2) is 56.1 Å². The van der Waals surface area contributed by atoms with Crippen molar-refractivity contribution in [2.75, 3.05) is 5.73 Å². The van der Waals surface area contributed by atoms with E-state index in [4.69, 9.17) is 15.6 Å². The van der Waals surface area contributed by atoms with Crippen LogP contribution in [0.15, 0.2) is 22.7 Å². The van der Waals surface area contributed by atoms with Gasteiger partial charge in [0.1, 0.15) is 17.0 Å². The lowest BCUT2D eigenvalue weighted by atomic mass is 9.72. The van der Waals surface area contributed by atoms with E-state index in [1.807, 2.05) is 0 Å². The van der Waals surface area contributed by atoms with Crippen molar-refractivity contribution in [1.29, 1.82) is 0 Å². The minimum Gasteiger partial charge on any atom is -0.534 e. The highest BCUT2D eigenvalue weighted by Crippen LogP contribution is 2.32. The number of aromatic carboxylic acids is 1. The predicted octanol–water partition coefficient (Wildman–Crippen LogP) is -0.766. The predicted molar refractivity (Wildman–Crippen MR) is 98.4 cm³/mol. The molecule has 0 fully saturated rings. The van der Waals surface area contributed by atoms with Crippen molar-refractivity contribution in [1.82, 2.24) is 10.3 Å². The Labute approximate surface area is 162 Å². The number of carboxylic acid groups (broad SMARTS) is 1. The highest BCUT2D eigenvalue weighted by molar-refractivity contribution is 7.13. The van der Waals surface area contributed by atoms with Gasteiger partial charge in [-0.05, 0) is 29.7 Å². The average Bonchev–Trinajstić information content (AvgIpc) is 3.08. The van der Waals surface area contributed by atoms with Gasteiger partial charge in [0.2, 0.25) is 0 Å². The fourth-order valence-electron chi connectivity index (χ4n) is 2.80. The van der Waals surface area contributed by atoms with Gasteiger partial charge in [-0.15, -0.1) is 11.3 Å². The Hall–Kier alpha value is -3.16. The summed E-state index contributed by atoms with van der Waals surface area (Å²) in [5.74, 6) is -3.12. The van der Waals surface area contributed by atoms with Gasteiger partial charge in [0, 0.05) is 5.38 Å². The SMILES string of the molecule is Nc1nc(/C(=N/O)C(=O)N[C@H]2Cc3cc(CO)cc(C(=O)O)c3OB2O)cs1. The molecule has 2 heterocycles. The Balaban J connectivity index is 1.85. The lowest BCUT2D eigenvalue weighted by molar-refractivity contribution is -0.115. The average molecular weight is 406 g/mol. The number of amides is 1. The summed E-state index contributed by atoms with van der Waals surface area (Å²) >= 11 is 1.05. The van der Waals surface area contributed by atoms with Crippen molar-refractivity contribution >= 4 is 41.2 Å². The van der Waals surface area contributed by atoms with Crippen molar-refractivity contribution in [3.05, 3.63) is 39.9 Å². The summed E-state index contributed by atoms with van der Waals surface area (Å²) < 4.78 is 5.30. The number of hydrogen-bond donors (Lipinski definition) is 6. The molecular weight excluding hydrogens is 391 g/mol. The fourth-order valence-corrected chi connectivity index (χ4v) is 3.35. The number of nitrogens with zero attached hydrogens (tertiary/aromatic N) is 2. The number of carboxylic acids is 1. The van der Waals surface area contributed by atoms with E-state index in [0.717, 1.165) is 11.3 Å². The zero-order chi connectivity index (χ0) is 20.4. The molecule has 1 aliphatic rings. The molecule has 0 saturated carbocycles. The maximum absolute atomic E-state index is 12.4. The van der Waals surface area contributed by atoms with Crippen molar-refractivity contribution < 1.29 is 34.7 Å². The zero-order valence-corrected chi connectivity index (χ0v) is 15.0. The first kappa shape index (κ1) is 19.6. The number of carbonyl (C=O) groups is 2. The van der Waals surface area contributed by atoms with Crippen LogP contribution in [0.5, 0.6) is 5.75 Å². The molecule has 0 radical (unpaired) electrons. The Bertz CT molecular complexity index is 964. The molecule has 0 bridgehead atoms. The van der Waals surface area contributed by atoms with Crippen LogP contribution in [0.3, 0.4) is 0 Å². The third-order valence-corrected chi connectivity index (χ3v) is 4.73. The largest absolute Gasteiger partial charge is 0.547 e. The smallest absolute Gasteiger partial charge is 0.534 e. The molecule has 0 spiro atoms. The number of hydrogen-bond acceptors (Lipinski definition) is 10. The van der Waals surface area contributed by atoms with Gasteiger partial charge < -0.3 is 36.1 Å². The Morgan fingerprint density at radius 3 is 2.79 bits per heavy atom. The molecule has 13 heteroatoms. The van der Waals surface area contributed by atoms with Gasteiger partial charge in [-0.25, -0.2) is 9.78 Å². The molecule has 1 amide bonds. The standard InChI is InChI=1S/C15H15BN4O7S/c17-15-18-9(5-28-15)11(20-26)13(22)19-10-3-7-1-6(4-21)2-8(14(23)24)12(7)27-16(10)25/h1-2,5,10,21,25-26H,3-4H2,(H2,17,18)(H,19,22)(H,23,24)/b20-11-/t10-/m0/s1. The molecule has 2 aromatic rings. The number of nitrogen functional groups attached to an aromatic ring is 1. The molecular formula is C15H15BN4O7S. The summed E-state index contributed by atoms with van der Waals surface area (Å²) in [6.07, 6.45) is 0.0221. The third-order valence-electron chi connectivity index (χ3n) is 4.06. The van der Waals surface area contributed by atoms with Crippen LogP contribution in [0.25, 0.3) is 0 Å². The van der Waals surface area contributed by atoms with Crippen LogP contribution in [0.1, 0.15) is 27.2 Å². The molecule has 146 valence electrons. The molecule has 1 aromatic carbocycles. The molecule has 1 aliphatic heterocycles. The number of rotatable bonds is 5. The maximum Gasteiger partial charge on any atom is 0.547 e. The first-order valence-corrected chi connectivity index (χ1v) is 8.81. The number of oxime groups is 1. The van der Waals surface area contributed by atoms with Gasteiger partial charge in [0.15, 0.2) is 10.8 Å². The molecule has 1 atom stereocenters. The number of aromatic nitrogens is 1. The Morgan fingerprint density at radius 1 is 1.46 bits per heavy atom. The number of carbonyl (C=O) groups excluding carboxylic acids is 1. The molecule has 0 aliphatic carbocycles. The fraction of sp³-hybridized carbons (Fsp3) is 0.200. The summed E-state index contributed by atoms with van der Waals surface area (Å²) in [4.78, 5) is 27.7. The monoisotopic (exact) mass is 406 g/mol. The van der Waals surface area contributed by atoms with Crippen molar-refractivity contribution in [3.63, 3.8) is 0 Å². The van der Waals surface area contributed by atoms with E-state index >= 15 is 0 Å². The molecule has 1 aromatic heterocycles. The second kappa shape index (κ2) is 7.84. The van der Waals surface area contributed by atoms with Crippen LogP contribution < -0.4 is 15.7 Å². The number of fused-ring (bicyclic) bond motifs is 1. The summed E-state index contributed by atoms with van der Waals surface area (Å²) in [6, 6.07) is 2.77. The van der Waals surface area contributed by atoms with E-state index in [9.17, 15) is 24.8 Å². The first-order chi connectivity index (χ1) is 13.3. The number of thiazole rings is 1. The molecule has 11 nitrogen and oxygen atoms in total. The number of nitrogens with two attached hydrogens (primary N) is 1. The maximum atomic E-state index is 12.4. The zero-order valence-electron chi connectivity index (χ0n) is 14.2. The highest BCUT2D eigenvalue weighted by atomic mass is 32.1. The Morgan fingerprint density at radius 2 is 2.21 bits per heavy atom.